The third kappa shape index (κ3) is 3.13. The molecule has 0 saturated heterocycles. The fourth-order valence-electron chi connectivity index (χ4n) is 1.41. The minimum absolute atomic E-state index is 0.489. The van der Waals surface area contributed by atoms with Crippen molar-refractivity contribution < 1.29 is 4.74 Å². The molecule has 0 aliphatic rings. The number of hydrogen-bond acceptors (Lipinski definition) is 3. The summed E-state index contributed by atoms with van der Waals surface area (Å²) < 4.78 is 5.27. The number of likely N-dealkylation sites (N-methyl/N-ethyl adjacent to an activating group) is 1. The fraction of sp³-hybridized carbons (Fsp3) is 0.417. The molecule has 1 aromatic carbocycles. The van der Waals surface area contributed by atoms with Gasteiger partial charge in [0.05, 0.1) is 22.9 Å². The molecule has 0 radical (unpaired) electrons. The summed E-state index contributed by atoms with van der Waals surface area (Å²) in [6.45, 7) is 4.04. The van der Waals surface area contributed by atoms with E-state index in [1.165, 1.54) is 0 Å². The second-order valence-electron chi connectivity index (χ2n) is 3.36. The van der Waals surface area contributed by atoms with Crippen LogP contribution in [-0.4, -0.2) is 26.8 Å². The minimum atomic E-state index is 0.489. The number of halogens is 1. The van der Waals surface area contributed by atoms with Gasteiger partial charge in [0, 0.05) is 20.2 Å². The summed E-state index contributed by atoms with van der Waals surface area (Å²) in [5.74, 6) is 0. The van der Waals surface area contributed by atoms with Gasteiger partial charge in [-0.25, -0.2) is 0 Å². The van der Waals surface area contributed by atoms with Gasteiger partial charge in [-0.2, -0.15) is 5.26 Å². The van der Waals surface area contributed by atoms with Gasteiger partial charge < -0.3 is 9.64 Å². The van der Waals surface area contributed by atoms with E-state index in [9.17, 15) is 0 Å². The monoisotopic (exact) mass is 238 g/mol. The van der Waals surface area contributed by atoms with Gasteiger partial charge in [0.2, 0.25) is 0 Å². The zero-order valence-electron chi connectivity index (χ0n) is 9.53. The van der Waals surface area contributed by atoms with Gasteiger partial charge >= 0.3 is 0 Å². The van der Waals surface area contributed by atoms with Crippen molar-refractivity contribution in [2.75, 3.05) is 31.7 Å². The van der Waals surface area contributed by atoms with Crippen molar-refractivity contribution in [3.63, 3.8) is 0 Å². The SMILES string of the molecule is CCOCCN(C)c1cccc(Cl)c1C#N. The molecule has 4 heteroatoms. The van der Waals surface area contributed by atoms with Gasteiger partial charge in [-0.05, 0) is 19.1 Å². The van der Waals surface area contributed by atoms with Crippen molar-refractivity contribution in [2.24, 2.45) is 0 Å². The van der Waals surface area contributed by atoms with Gasteiger partial charge in [-0.1, -0.05) is 17.7 Å². The van der Waals surface area contributed by atoms with Gasteiger partial charge in [0.1, 0.15) is 6.07 Å². The van der Waals surface area contributed by atoms with Crippen LogP contribution in [0.15, 0.2) is 18.2 Å². The average Bonchev–Trinajstić information content (AvgIpc) is 2.29. The summed E-state index contributed by atoms with van der Waals surface area (Å²) in [4.78, 5) is 1.97. The van der Waals surface area contributed by atoms with Crippen LogP contribution in [0.2, 0.25) is 5.02 Å². The number of nitrogens with zero attached hydrogens (tertiary/aromatic N) is 2. The molecule has 0 heterocycles. The summed E-state index contributed by atoms with van der Waals surface area (Å²) in [6.07, 6.45) is 0. The third-order valence-corrected chi connectivity index (χ3v) is 2.60. The minimum Gasteiger partial charge on any atom is -0.380 e. The molecule has 0 aromatic heterocycles. The molecule has 0 fully saturated rings. The lowest BCUT2D eigenvalue weighted by molar-refractivity contribution is 0.154. The first kappa shape index (κ1) is 12.8. The van der Waals surface area contributed by atoms with Crippen LogP contribution in [0.4, 0.5) is 5.69 Å². The highest BCUT2D eigenvalue weighted by molar-refractivity contribution is 6.32. The number of rotatable bonds is 5. The van der Waals surface area contributed by atoms with Crippen LogP contribution >= 0.6 is 11.6 Å². The van der Waals surface area contributed by atoms with E-state index in [1.807, 2.05) is 31.0 Å². The Kier molecular flexibility index (Phi) is 5.10. The maximum Gasteiger partial charge on any atom is 0.103 e. The van der Waals surface area contributed by atoms with Crippen molar-refractivity contribution in [1.29, 1.82) is 5.26 Å². The van der Waals surface area contributed by atoms with Crippen molar-refractivity contribution in [3.05, 3.63) is 28.8 Å². The van der Waals surface area contributed by atoms with E-state index < -0.39 is 0 Å². The Bertz CT molecular complexity index is 387. The predicted octanol–water partition coefficient (Wildman–Crippen LogP) is 2.68. The maximum absolute atomic E-state index is 9.03. The van der Waals surface area contributed by atoms with Crippen LogP contribution in [0.5, 0.6) is 0 Å². The number of anilines is 1. The van der Waals surface area contributed by atoms with E-state index in [0.717, 1.165) is 12.2 Å². The first-order valence-corrected chi connectivity index (χ1v) is 5.56. The lowest BCUT2D eigenvalue weighted by Crippen LogP contribution is -2.23. The summed E-state index contributed by atoms with van der Waals surface area (Å²) >= 11 is 5.95. The highest BCUT2D eigenvalue weighted by atomic mass is 35.5. The zero-order chi connectivity index (χ0) is 12.0. The molecule has 0 spiro atoms. The van der Waals surface area contributed by atoms with E-state index in [1.54, 1.807) is 6.07 Å². The number of nitriles is 1. The zero-order valence-corrected chi connectivity index (χ0v) is 10.3. The summed E-state index contributed by atoms with van der Waals surface area (Å²) in [5, 5.41) is 9.52. The quantitative estimate of drug-likeness (QED) is 0.740. The average molecular weight is 239 g/mol. The van der Waals surface area contributed by atoms with Crippen LogP contribution in [0.25, 0.3) is 0 Å². The second-order valence-corrected chi connectivity index (χ2v) is 3.77. The highest BCUT2D eigenvalue weighted by Gasteiger charge is 2.09. The Morgan fingerprint density at radius 2 is 2.25 bits per heavy atom. The normalized spacial score (nSPS) is 9.88. The summed E-state index contributed by atoms with van der Waals surface area (Å²) in [5.41, 5.74) is 1.36. The Morgan fingerprint density at radius 3 is 2.88 bits per heavy atom. The van der Waals surface area contributed by atoms with Gasteiger partial charge in [-0.3, -0.25) is 0 Å². The predicted molar refractivity (Wildman–Crippen MR) is 65.9 cm³/mol. The molecule has 3 nitrogen and oxygen atoms in total. The first-order chi connectivity index (χ1) is 7.70. The third-order valence-electron chi connectivity index (χ3n) is 2.29. The van der Waals surface area contributed by atoms with E-state index in [-0.39, 0.29) is 0 Å². The first-order valence-electron chi connectivity index (χ1n) is 5.18. The molecular weight excluding hydrogens is 224 g/mol. The van der Waals surface area contributed by atoms with E-state index >= 15 is 0 Å². The fourth-order valence-corrected chi connectivity index (χ4v) is 1.62. The molecule has 0 unspecified atom stereocenters. The van der Waals surface area contributed by atoms with Crippen molar-refractivity contribution in [2.45, 2.75) is 6.92 Å². The van der Waals surface area contributed by atoms with E-state index in [4.69, 9.17) is 21.6 Å². The van der Waals surface area contributed by atoms with Crippen LogP contribution in [0.1, 0.15) is 12.5 Å². The Morgan fingerprint density at radius 1 is 1.50 bits per heavy atom. The van der Waals surface area contributed by atoms with Crippen molar-refractivity contribution in [1.82, 2.24) is 0 Å². The van der Waals surface area contributed by atoms with Crippen LogP contribution < -0.4 is 4.90 Å². The lowest BCUT2D eigenvalue weighted by atomic mass is 10.2. The number of benzene rings is 1. The molecule has 0 aliphatic carbocycles. The Hall–Kier alpha value is -1.24. The molecular formula is C12H15ClN2O. The van der Waals surface area contributed by atoms with E-state index in [2.05, 4.69) is 6.07 Å². The molecule has 0 aliphatic heterocycles. The number of hydrogen-bond donors (Lipinski definition) is 0. The van der Waals surface area contributed by atoms with E-state index in [0.29, 0.717) is 23.8 Å². The molecule has 0 amide bonds. The molecule has 1 aromatic rings. The topological polar surface area (TPSA) is 36.3 Å². The molecule has 16 heavy (non-hydrogen) atoms. The molecule has 0 saturated carbocycles. The molecule has 86 valence electrons. The molecule has 0 N–H and O–H groups in total. The van der Waals surface area contributed by atoms with Crippen LogP contribution in [0.3, 0.4) is 0 Å². The summed E-state index contributed by atoms with van der Waals surface area (Å²) in [7, 11) is 1.92. The second kappa shape index (κ2) is 6.37. The van der Waals surface area contributed by atoms with Gasteiger partial charge in [0.15, 0.2) is 0 Å². The maximum atomic E-state index is 9.03. The molecule has 0 bridgehead atoms. The van der Waals surface area contributed by atoms with Crippen molar-refractivity contribution in [3.8, 4) is 6.07 Å². The largest absolute Gasteiger partial charge is 0.380 e. The van der Waals surface area contributed by atoms with Gasteiger partial charge in [-0.15, -0.1) is 0 Å². The van der Waals surface area contributed by atoms with Crippen LogP contribution in [0, 0.1) is 11.3 Å². The standard InChI is InChI=1S/C12H15ClN2O/c1-3-16-8-7-15(2)12-6-4-5-11(13)10(12)9-14/h4-6H,3,7-8H2,1-2H3. The Balaban J connectivity index is 2.79. The van der Waals surface area contributed by atoms with Crippen molar-refractivity contribution >= 4 is 17.3 Å². The summed E-state index contributed by atoms with van der Waals surface area (Å²) in [6, 6.07) is 7.57. The number of ether oxygens (including phenoxy) is 1. The molecule has 1 rings (SSSR count). The lowest BCUT2D eigenvalue weighted by Gasteiger charge is -2.20. The molecule has 0 atom stereocenters. The highest BCUT2D eigenvalue weighted by Crippen LogP contribution is 2.25. The van der Waals surface area contributed by atoms with Gasteiger partial charge in [0.25, 0.3) is 0 Å². The smallest absolute Gasteiger partial charge is 0.103 e. The Labute approximate surface area is 101 Å². The van der Waals surface area contributed by atoms with Crippen LogP contribution in [-0.2, 0) is 4.74 Å².